The molecule has 0 spiro atoms. The number of carbonyl (C=O) groups is 3. The summed E-state index contributed by atoms with van der Waals surface area (Å²) in [5, 5.41) is 29.0. The van der Waals surface area contributed by atoms with E-state index >= 15 is 0 Å². The second-order valence-electron chi connectivity index (χ2n) is 11.1. The van der Waals surface area contributed by atoms with Crippen LogP contribution < -0.4 is 4.74 Å². The number of carboxylic acids is 3. The van der Waals surface area contributed by atoms with Gasteiger partial charge in [0, 0.05) is 0 Å². The van der Waals surface area contributed by atoms with E-state index in [9.17, 15) is 29.7 Å². The Balaban J connectivity index is 1.56. The zero-order valence-corrected chi connectivity index (χ0v) is 23.9. The molecule has 2 atom stereocenters. The molecule has 0 amide bonds. The molecule has 9 nitrogen and oxygen atoms in total. The Morgan fingerprint density at radius 3 is 2.12 bits per heavy atom. The highest BCUT2D eigenvalue weighted by molar-refractivity contribution is 5.88. The lowest BCUT2D eigenvalue weighted by molar-refractivity contribution is -0.192. The van der Waals surface area contributed by atoms with Crippen molar-refractivity contribution in [2.24, 2.45) is 5.92 Å². The van der Waals surface area contributed by atoms with Crippen molar-refractivity contribution in [2.45, 2.75) is 50.4 Å². The molecule has 0 radical (unpaired) electrons. The van der Waals surface area contributed by atoms with Gasteiger partial charge < -0.3 is 29.7 Å². The molecule has 1 aliphatic rings. The Bertz CT molecular complexity index is 1370. The van der Waals surface area contributed by atoms with Crippen LogP contribution in [-0.4, -0.2) is 64.4 Å². The molecule has 2 unspecified atom stereocenters. The molecule has 0 fully saturated rings. The highest BCUT2D eigenvalue weighted by Gasteiger charge is 2.48. The Kier molecular flexibility index (Phi) is 9.98. The Morgan fingerprint density at radius 2 is 1.52 bits per heavy atom. The first-order valence-corrected chi connectivity index (χ1v) is 14.0. The molecule has 0 aromatic heterocycles. The lowest BCUT2D eigenvalue weighted by Crippen LogP contribution is -2.48. The van der Waals surface area contributed by atoms with Crippen LogP contribution in [0.1, 0.15) is 48.5 Å². The van der Waals surface area contributed by atoms with Crippen molar-refractivity contribution in [1.29, 1.82) is 0 Å². The first-order valence-electron chi connectivity index (χ1n) is 14.0. The normalized spacial score (nSPS) is 16.5. The number of aliphatic carboxylic acids is 3. The number of carboxylic acid groups (broad SMARTS) is 3. The van der Waals surface area contributed by atoms with Crippen molar-refractivity contribution >= 4 is 17.9 Å². The molecule has 0 heterocycles. The van der Waals surface area contributed by atoms with Gasteiger partial charge in [-0.1, -0.05) is 60.7 Å². The third-order valence-corrected chi connectivity index (χ3v) is 7.66. The maximum absolute atomic E-state index is 12.3. The smallest absolute Gasteiger partial charge is 0.337 e. The third kappa shape index (κ3) is 7.74. The number of aryl methyl sites for hydroxylation is 1. The zero-order valence-electron chi connectivity index (χ0n) is 23.9. The molecule has 0 saturated heterocycles. The van der Waals surface area contributed by atoms with Gasteiger partial charge in [-0.05, 0) is 85.8 Å². The van der Waals surface area contributed by atoms with Gasteiger partial charge in [0.15, 0.2) is 5.60 Å². The molecule has 9 heteroatoms. The van der Waals surface area contributed by atoms with E-state index in [-0.39, 0.29) is 5.92 Å². The first-order chi connectivity index (χ1) is 20.1. The van der Waals surface area contributed by atoms with Crippen molar-refractivity contribution in [3.05, 3.63) is 89.5 Å². The van der Waals surface area contributed by atoms with Gasteiger partial charge in [-0.3, -0.25) is 9.59 Å². The molecule has 1 aliphatic carbocycles. The maximum atomic E-state index is 12.3. The number of hydrogen-bond donors (Lipinski definition) is 3. The fourth-order valence-corrected chi connectivity index (χ4v) is 5.46. The van der Waals surface area contributed by atoms with Gasteiger partial charge in [-0.25, -0.2) is 4.79 Å². The molecule has 0 aliphatic heterocycles. The van der Waals surface area contributed by atoms with Gasteiger partial charge in [-0.2, -0.15) is 0 Å². The number of ether oxygens (including phenoxy) is 2. The quantitative estimate of drug-likeness (QED) is 0.235. The van der Waals surface area contributed by atoms with Crippen LogP contribution in [0.4, 0.5) is 0 Å². The van der Waals surface area contributed by atoms with Crippen molar-refractivity contribution in [2.75, 3.05) is 20.6 Å². The number of nitrogens with zero attached hydrogens (tertiary/aromatic N) is 1. The highest BCUT2D eigenvalue weighted by Crippen LogP contribution is 2.44. The van der Waals surface area contributed by atoms with Crippen LogP contribution in [0.3, 0.4) is 0 Å². The third-order valence-electron chi connectivity index (χ3n) is 7.66. The Morgan fingerprint density at radius 1 is 0.881 bits per heavy atom. The monoisotopic (exact) mass is 575 g/mol. The topological polar surface area (TPSA) is 134 Å². The molecule has 3 N–H and O–H groups in total. The SMILES string of the molecule is CN(C)CCC1CCc2cc(OCc3ccc(-c4ccccc4)cc3)ccc2C1OC(CC(=O)O)(CC(=O)O)C(=O)O. The van der Waals surface area contributed by atoms with Crippen LogP contribution in [-0.2, 0) is 32.1 Å². The summed E-state index contributed by atoms with van der Waals surface area (Å²) in [7, 11) is 3.86. The minimum absolute atomic E-state index is 0.129. The average molecular weight is 576 g/mol. The predicted molar refractivity (Wildman–Crippen MR) is 156 cm³/mol. The van der Waals surface area contributed by atoms with E-state index in [0.717, 1.165) is 27.8 Å². The standard InChI is InChI=1S/C33H37NO8/c1-34(2)17-16-25-12-13-26-18-27(41-21-22-8-10-24(11-9-22)23-6-4-3-5-7-23)14-15-28(26)31(25)42-33(32(39)40,19-29(35)36)20-30(37)38/h3-11,14-15,18,25,31H,12-13,16-17,19-21H2,1-2H3,(H,35,36)(H,37,38)(H,39,40). The van der Waals surface area contributed by atoms with Gasteiger partial charge >= 0.3 is 17.9 Å². The van der Waals surface area contributed by atoms with Crippen LogP contribution in [0.25, 0.3) is 11.1 Å². The van der Waals surface area contributed by atoms with Gasteiger partial charge in [0.05, 0.1) is 18.9 Å². The summed E-state index contributed by atoms with van der Waals surface area (Å²) >= 11 is 0. The number of fused-ring (bicyclic) bond motifs is 1. The summed E-state index contributed by atoms with van der Waals surface area (Å²) in [4.78, 5) is 37.7. The molecular weight excluding hydrogens is 538 g/mol. The molecule has 0 bridgehead atoms. The zero-order chi connectivity index (χ0) is 30.3. The molecule has 3 aromatic rings. The maximum Gasteiger partial charge on any atom is 0.337 e. The van der Waals surface area contributed by atoms with Crippen molar-refractivity contribution in [1.82, 2.24) is 4.90 Å². The molecule has 0 saturated carbocycles. The van der Waals surface area contributed by atoms with Crippen LogP contribution in [0.15, 0.2) is 72.8 Å². The average Bonchev–Trinajstić information content (AvgIpc) is 2.95. The lowest BCUT2D eigenvalue weighted by Gasteiger charge is -2.39. The predicted octanol–water partition coefficient (Wildman–Crippen LogP) is 5.28. The van der Waals surface area contributed by atoms with Crippen molar-refractivity contribution < 1.29 is 39.2 Å². The summed E-state index contributed by atoms with van der Waals surface area (Å²) in [5.74, 6) is -3.98. The first kappa shape index (κ1) is 30.7. The van der Waals surface area contributed by atoms with Crippen molar-refractivity contribution in [3.63, 3.8) is 0 Å². The van der Waals surface area contributed by atoms with E-state index < -0.39 is 42.5 Å². The fourth-order valence-electron chi connectivity index (χ4n) is 5.46. The summed E-state index contributed by atoms with van der Waals surface area (Å²) in [5.41, 5.74) is 2.49. The van der Waals surface area contributed by atoms with E-state index in [0.29, 0.717) is 38.2 Å². The molecule has 4 rings (SSSR count). The minimum Gasteiger partial charge on any atom is -0.489 e. The second kappa shape index (κ2) is 13.6. The van der Waals surface area contributed by atoms with Gasteiger partial charge in [0.1, 0.15) is 12.4 Å². The van der Waals surface area contributed by atoms with E-state index in [4.69, 9.17) is 9.47 Å². The summed E-state index contributed by atoms with van der Waals surface area (Å²) in [6.07, 6.45) is -0.677. The van der Waals surface area contributed by atoms with Crippen LogP contribution in [0.2, 0.25) is 0 Å². The van der Waals surface area contributed by atoms with Gasteiger partial charge in [0.25, 0.3) is 0 Å². The van der Waals surface area contributed by atoms with E-state index in [1.807, 2.05) is 61.5 Å². The Hall–Kier alpha value is -4.21. The Labute approximate surface area is 245 Å². The van der Waals surface area contributed by atoms with Crippen LogP contribution in [0, 0.1) is 5.92 Å². The molecular formula is C33H37NO8. The van der Waals surface area contributed by atoms with Gasteiger partial charge in [-0.15, -0.1) is 0 Å². The molecule has 3 aromatic carbocycles. The summed E-state index contributed by atoms with van der Waals surface area (Å²) < 4.78 is 12.2. The van der Waals surface area contributed by atoms with E-state index in [2.05, 4.69) is 24.3 Å². The lowest BCUT2D eigenvalue weighted by atomic mass is 9.78. The number of benzene rings is 3. The second-order valence-corrected chi connectivity index (χ2v) is 11.1. The van der Waals surface area contributed by atoms with Crippen LogP contribution >= 0.6 is 0 Å². The summed E-state index contributed by atoms with van der Waals surface area (Å²) in [6.45, 7) is 1.07. The minimum atomic E-state index is -2.41. The van der Waals surface area contributed by atoms with E-state index in [1.54, 1.807) is 6.07 Å². The number of hydrogen-bond acceptors (Lipinski definition) is 6. The largest absolute Gasteiger partial charge is 0.489 e. The van der Waals surface area contributed by atoms with E-state index in [1.165, 1.54) is 0 Å². The molecule has 42 heavy (non-hydrogen) atoms. The van der Waals surface area contributed by atoms with Crippen LogP contribution in [0.5, 0.6) is 5.75 Å². The number of rotatable bonds is 14. The van der Waals surface area contributed by atoms with Crippen molar-refractivity contribution in [3.8, 4) is 16.9 Å². The fraction of sp³-hybridized carbons (Fsp3) is 0.364. The van der Waals surface area contributed by atoms with Gasteiger partial charge in [0.2, 0.25) is 0 Å². The molecule has 222 valence electrons. The highest BCUT2D eigenvalue weighted by atomic mass is 16.5. The summed E-state index contributed by atoms with van der Waals surface area (Å²) in [6, 6.07) is 23.8.